The molecule has 0 aliphatic carbocycles. The lowest BCUT2D eigenvalue weighted by Crippen LogP contribution is -2.42. The first-order valence-electron chi connectivity index (χ1n) is 8.31. The molecule has 2 aromatic carbocycles. The summed E-state index contributed by atoms with van der Waals surface area (Å²) in [6, 6.07) is 15.9. The largest absolute Gasteiger partial charge is 0.290 e. The van der Waals surface area contributed by atoms with Gasteiger partial charge in [0.2, 0.25) is 0 Å². The molecule has 2 aromatic heterocycles. The predicted octanol–water partition coefficient (Wildman–Crippen LogP) is 1.18. The van der Waals surface area contributed by atoms with E-state index in [2.05, 4.69) is 26.1 Å². The first-order chi connectivity index (χ1) is 13.6. The Kier molecular flexibility index (Phi) is 4.38. The van der Waals surface area contributed by atoms with Crippen LogP contribution < -0.4 is 16.4 Å². The molecular formula is C19H14N6O3. The molecule has 9 heteroatoms. The van der Waals surface area contributed by atoms with Crippen molar-refractivity contribution >= 4 is 22.6 Å². The Hall–Kier alpha value is -4.27. The molecule has 4 rings (SSSR count). The monoisotopic (exact) mass is 374 g/mol. The molecule has 0 aliphatic heterocycles. The van der Waals surface area contributed by atoms with Crippen LogP contribution in [-0.2, 0) is 0 Å². The number of H-pyrrole nitrogens is 1. The third-order valence-electron chi connectivity index (χ3n) is 4.07. The van der Waals surface area contributed by atoms with E-state index in [1.54, 1.807) is 35.1 Å². The first kappa shape index (κ1) is 17.2. The molecule has 3 N–H and O–H groups in total. The maximum atomic E-state index is 12.4. The lowest BCUT2D eigenvalue weighted by molar-refractivity contribution is 0.0844. The Labute approximate surface area is 158 Å². The van der Waals surface area contributed by atoms with Crippen LogP contribution in [0.1, 0.15) is 20.8 Å². The summed E-state index contributed by atoms with van der Waals surface area (Å²) >= 11 is 0. The number of carbonyl (C=O) groups excluding carboxylic acids is 2. The van der Waals surface area contributed by atoms with E-state index in [1.165, 1.54) is 6.20 Å². The van der Waals surface area contributed by atoms with Gasteiger partial charge in [-0.15, -0.1) is 0 Å². The third-order valence-corrected chi connectivity index (χ3v) is 4.07. The molecule has 9 nitrogen and oxygen atoms in total. The van der Waals surface area contributed by atoms with Gasteiger partial charge in [-0.25, -0.2) is 9.78 Å². The van der Waals surface area contributed by atoms with Gasteiger partial charge in [0.1, 0.15) is 0 Å². The number of fused-ring (bicyclic) bond motifs is 1. The smallest absolute Gasteiger partial charge is 0.267 e. The maximum Gasteiger partial charge on any atom is 0.290 e. The number of para-hydroxylation sites is 1. The number of aromatic nitrogens is 4. The number of nitrogens with zero attached hydrogens (tertiary/aromatic N) is 3. The highest BCUT2D eigenvalue weighted by atomic mass is 16.2. The van der Waals surface area contributed by atoms with E-state index >= 15 is 0 Å². The van der Waals surface area contributed by atoms with Gasteiger partial charge >= 0.3 is 0 Å². The Morgan fingerprint density at radius 1 is 0.893 bits per heavy atom. The second-order valence-electron chi connectivity index (χ2n) is 5.86. The molecule has 0 fully saturated rings. The van der Waals surface area contributed by atoms with Gasteiger partial charge in [0, 0.05) is 11.6 Å². The average Bonchev–Trinajstić information content (AvgIpc) is 3.23. The molecule has 0 aliphatic rings. The zero-order valence-corrected chi connectivity index (χ0v) is 14.4. The molecule has 0 saturated heterocycles. The molecule has 0 radical (unpaired) electrons. The van der Waals surface area contributed by atoms with Crippen molar-refractivity contribution in [3.8, 4) is 5.69 Å². The normalized spacial score (nSPS) is 10.6. The van der Waals surface area contributed by atoms with Crippen LogP contribution in [0, 0.1) is 0 Å². The van der Waals surface area contributed by atoms with Crippen LogP contribution in [0.15, 0.2) is 71.8 Å². The van der Waals surface area contributed by atoms with Crippen LogP contribution in [-0.4, -0.2) is 31.8 Å². The quantitative estimate of drug-likeness (QED) is 0.465. The lowest BCUT2D eigenvalue weighted by Gasteiger charge is -2.07. The minimum Gasteiger partial charge on any atom is -0.267 e. The highest BCUT2D eigenvalue weighted by Crippen LogP contribution is 2.12. The Morgan fingerprint density at radius 3 is 2.36 bits per heavy atom. The standard InChI is InChI=1S/C19H14N6O3/c26-17(12-10-20-25(11-12)13-6-2-1-3-7-13)22-24-19(28)16-14-8-4-5-9-15(14)18(27)23-21-16/h1-11H,(H,22,26)(H,23,27)(H,24,28). The van der Waals surface area contributed by atoms with Crippen LogP contribution in [0.3, 0.4) is 0 Å². The number of amides is 2. The van der Waals surface area contributed by atoms with E-state index in [9.17, 15) is 14.4 Å². The zero-order valence-electron chi connectivity index (χ0n) is 14.4. The molecule has 4 aromatic rings. The molecule has 0 saturated carbocycles. The van der Waals surface area contributed by atoms with E-state index in [4.69, 9.17) is 0 Å². The topological polar surface area (TPSA) is 122 Å². The Bertz CT molecular complexity index is 1230. The van der Waals surface area contributed by atoms with Crippen LogP contribution >= 0.6 is 0 Å². The van der Waals surface area contributed by atoms with Crippen LogP contribution in [0.5, 0.6) is 0 Å². The van der Waals surface area contributed by atoms with E-state index in [0.717, 1.165) is 5.69 Å². The first-order valence-corrected chi connectivity index (χ1v) is 8.31. The number of hydrazine groups is 1. The summed E-state index contributed by atoms with van der Waals surface area (Å²) in [7, 11) is 0. The summed E-state index contributed by atoms with van der Waals surface area (Å²) in [5.74, 6) is -1.19. The van der Waals surface area contributed by atoms with Gasteiger partial charge < -0.3 is 0 Å². The summed E-state index contributed by atoms with van der Waals surface area (Å²) in [6.45, 7) is 0. The van der Waals surface area contributed by atoms with E-state index in [-0.39, 0.29) is 11.3 Å². The van der Waals surface area contributed by atoms with Crippen molar-refractivity contribution in [1.29, 1.82) is 0 Å². The summed E-state index contributed by atoms with van der Waals surface area (Å²) in [6.07, 6.45) is 2.94. The molecule has 2 amide bonds. The summed E-state index contributed by atoms with van der Waals surface area (Å²) in [4.78, 5) is 36.5. The minimum absolute atomic E-state index is 0.00418. The minimum atomic E-state index is -0.656. The van der Waals surface area contributed by atoms with E-state index in [0.29, 0.717) is 10.8 Å². The van der Waals surface area contributed by atoms with Crippen molar-refractivity contribution < 1.29 is 9.59 Å². The highest BCUT2D eigenvalue weighted by molar-refractivity contribution is 6.05. The summed E-state index contributed by atoms with van der Waals surface area (Å²) in [5, 5.41) is 10.9. The van der Waals surface area contributed by atoms with E-state index < -0.39 is 17.4 Å². The van der Waals surface area contributed by atoms with Crippen LogP contribution in [0.25, 0.3) is 16.5 Å². The number of hydrogen-bond donors (Lipinski definition) is 3. The van der Waals surface area contributed by atoms with Gasteiger partial charge in [0.25, 0.3) is 17.4 Å². The fourth-order valence-corrected chi connectivity index (χ4v) is 2.69. The van der Waals surface area contributed by atoms with Crippen molar-refractivity contribution in [2.24, 2.45) is 0 Å². The van der Waals surface area contributed by atoms with Gasteiger partial charge in [0.15, 0.2) is 5.69 Å². The lowest BCUT2D eigenvalue weighted by atomic mass is 10.1. The third kappa shape index (κ3) is 3.23. The van der Waals surface area contributed by atoms with Crippen molar-refractivity contribution in [3.63, 3.8) is 0 Å². The molecule has 0 bridgehead atoms. The number of nitrogens with one attached hydrogen (secondary N) is 3. The van der Waals surface area contributed by atoms with Crippen molar-refractivity contribution in [2.75, 3.05) is 0 Å². The van der Waals surface area contributed by atoms with E-state index in [1.807, 2.05) is 30.3 Å². The molecule has 0 unspecified atom stereocenters. The van der Waals surface area contributed by atoms with Gasteiger partial charge in [-0.05, 0) is 18.2 Å². The average molecular weight is 374 g/mol. The van der Waals surface area contributed by atoms with Gasteiger partial charge in [-0.2, -0.15) is 10.2 Å². The summed E-state index contributed by atoms with van der Waals surface area (Å²) in [5.41, 5.74) is 5.28. The van der Waals surface area contributed by atoms with Crippen LogP contribution in [0.2, 0.25) is 0 Å². The highest BCUT2D eigenvalue weighted by Gasteiger charge is 2.16. The number of aromatic amines is 1. The SMILES string of the molecule is O=C(NNC(=O)c1n[nH]c(=O)c2ccccc12)c1cnn(-c2ccccc2)c1. The maximum absolute atomic E-state index is 12.4. The van der Waals surface area contributed by atoms with Crippen molar-refractivity contribution in [2.45, 2.75) is 0 Å². The zero-order chi connectivity index (χ0) is 19.5. The van der Waals surface area contributed by atoms with Gasteiger partial charge in [-0.3, -0.25) is 25.2 Å². The van der Waals surface area contributed by atoms with Gasteiger partial charge in [-0.1, -0.05) is 36.4 Å². The fraction of sp³-hybridized carbons (Fsp3) is 0. The summed E-state index contributed by atoms with van der Waals surface area (Å²) < 4.78 is 1.55. The molecular weight excluding hydrogens is 360 g/mol. The number of rotatable bonds is 3. The number of carbonyl (C=O) groups is 2. The van der Waals surface area contributed by atoms with Crippen molar-refractivity contribution in [3.05, 3.63) is 88.6 Å². The second-order valence-corrected chi connectivity index (χ2v) is 5.86. The number of benzene rings is 2. The molecule has 138 valence electrons. The Morgan fingerprint density at radius 2 is 1.57 bits per heavy atom. The number of hydrogen-bond acceptors (Lipinski definition) is 5. The Balaban J connectivity index is 1.49. The molecule has 0 spiro atoms. The fourth-order valence-electron chi connectivity index (χ4n) is 2.69. The predicted molar refractivity (Wildman–Crippen MR) is 101 cm³/mol. The van der Waals surface area contributed by atoms with Gasteiger partial charge in [0.05, 0.1) is 22.8 Å². The molecule has 2 heterocycles. The molecule has 0 atom stereocenters. The van der Waals surface area contributed by atoms with Crippen LogP contribution in [0.4, 0.5) is 0 Å². The second kappa shape index (κ2) is 7.16. The molecule has 28 heavy (non-hydrogen) atoms. The van der Waals surface area contributed by atoms with Crippen molar-refractivity contribution in [1.82, 2.24) is 30.8 Å².